The van der Waals surface area contributed by atoms with Gasteiger partial charge in [0.1, 0.15) is 17.5 Å². The summed E-state index contributed by atoms with van der Waals surface area (Å²) in [5, 5.41) is 0. The van der Waals surface area contributed by atoms with E-state index < -0.39 is 27.4 Å². The first-order valence-corrected chi connectivity index (χ1v) is 11.8. The molecule has 2 aliphatic heterocycles. The number of benzene rings is 1. The molecule has 4 rings (SSSR count). The Morgan fingerprint density at radius 3 is 2.20 bits per heavy atom. The van der Waals surface area contributed by atoms with Gasteiger partial charge in [-0.15, -0.1) is 0 Å². The van der Waals surface area contributed by atoms with Gasteiger partial charge in [0.25, 0.3) is 0 Å². The van der Waals surface area contributed by atoms with E-state index in [4.69, 9.17) is 0 Å². The number of hydrogen-bond donors (Lipinski definition) is 0. The number of sulfonamides is 1. The Morgan fingerprint density at radius 2 is 1.53 bits per heavy atom. The normalized spacial score (nSPS) is 18.6. The lowest BCUT2D eigenvalue weighted by Crippen LogP contribution is -2.49. The van der Waals surface area contributed by atoms with Gasteiger partial charge >= 0.3 is 0 Å². The SMILES string of the molecule is O=S(=O)(Cc1cc(F)cc(F)c1)N1CCN(c2ccnc(N3CCCCC3)n2)CC1. The monoisotopic (exact) mass is 437 g/mol. The largest absolute Gasteiger partial charge is 0.354 e. The molecule has 2 aromatic rings. The fraction of sp³-hybridized carbons (Fsp3) is 0.500. The van der Waals surface area contributed by atoms with Gasteiger partial charge in [-0.25, -0.2) is 22.2 Å². The van der Waals surface area contributed by atoms with Gasteiger partial charge in [-0.05, 0) is 43.0 Å². The summed E-state index contributed by atoms with van der Waals surface area (Å²) in [4.78, 5) is 13.3. The maximum atomic E-state index is 13.4. The van der Waals surface area contributed by atoms with E-state index >= 15 is 0 Å². The van der Waals surface area contributed by atoms with Crippen molar-refractivity contribution in [3.05, 3.63) is 47.7 Å². The predicted molar refractivity (Wildman–Crippen MR) is 111 cm³/mol. The van der Waals surface area contributed by atoms with E-state index in [1.54, 1.807) is 6.20 Å². The van der Waals surface area contributed by atoms with E-state index in [9.17, 15) is 17.2 Å². The topological polar surface area (TPSA) is 69.6 Å². The van der Waals surface area contributed by atoms with Crippen molar-refractivity contribution in [2.45, 2.75) is 25.0 Å². The highest BCUT2D eigenvalue weighted by molar-refractivity contribution is 7.88. The van der Waals surface area contributed by atoms with Crippen LogP contribution in [-0.4, -0.2) is 62.0 Å². The Balaban J connectivity index is 1.39. The van der Waals surface area contributed by atoms with Crippen molar-refractivity contribution in [2.24, 2.45) is 0 Å². The van der Waals surface area contributed by atoms with Gasteiger partial charge in [-0.2, -0.15) is 9.29 Å². The molecule has 162 valence electrons. The molecule has 0 atom stereocenters. The zero-order valence-corrected chi connectivity index (χ0v) is 17.5. The molecule has 1 aromatic heterocycles. The Bertz CT molecular complexity index is 970. The second kappa shape index (κ2) is 8.81. The van der Waals surface area contributed by atoms with E-state index in [0.717, 1.165) is 55.9 Å². The Hall–Kier alpha value is -2.33. The summed E-state index contributed by atoms with van der Waals surface area (Å²) < 4.78 is 53.6. The van der Waals surface area contributed by atoms with Gasteiger partial charge in [-0.1, -0.05) is 0 Å². The first-order valence-electron chi connectivity index (χ1n) is 10.2. The Morgan fingerprint density at radius 1 is 0.867 bits per heavy atom. The Labute approximate surface area is 175 Å². The summed E-state index contributed by atoms with van der Waals surface area (Å²) in [5.74, 6) is -0.476. The fourth-order valence-corrected chi connectivity index (χ4v) is 5.44. The third kappa shape index (κ3) is 4.86. The van der Waals surface area contributed by atoms with E-state index in [1.165, 1.54) is 10.7 Å². The summed E-state index contributed by atoms with van der Waals surface area (Å²) in [7, 11) is -3.67. The number of nitrogens with zero attached hydrogens (tertiary/aromatic N) is 5. The van der Waals surface area contributed by atoms with Crippen molar-refractivity contribution in [1.82, 2.24) is 14.3 Å². The predicted octanol–water partition coefficient (Wildman–Crippen LogP) is 2.40. The number of rotatable bonds is 5. The summed E-state index contributed by atoms with van der Waals surface area (Å²) in [6.07, 6.45) is 5.25. The number of anilines is 2. The molecule has 1 aromatic carbocycles. The van der Waals surface area contributed by atoms with Gasteiger partial charge in [-0.3, -0.25) is 0 Å². The van der Waals surface area contributed by atoms with Crippen LogP contribution < -0.4 is 9.80 Å². The zero-order valence-electron chi connectivity index (χ0n) is 16.7. The number of aromatic nitrogens is 2. The van der Waals surface area contributed by atoms with Crippen molar-refractivity contribution >= 4 is 21.8 Å². The molecule has 2 aliphatic rings. The molecule has 0 bridgehead atoms. The van der Waals surface area contributed by atoms with Crippen LogP contribution in [0, 0.1) is 11.6 Å². The van der Waals surface area contributed by atoms with Crippen molar-refractivity contribution in [3.8, 4) is 0 Å². The van der Waals surface area contributed by atoms with Gasteiger partial charge in [0.2, 0.25) is 16.0 Å². The molecule has 0 aliphatic carbocycles. The molecule has 0 unspecified atom stereocenters. The molecular formula is C20H25F2N5O2S. The van der Waals surface area contributed by atoms with Gasteiger partial charge in [0.15, 0.2) is 0 Å². The minimum absolute atomic E-state index is 0.108. The highest BCUT2D eigenvalue weighted by Crippen LogP contribution is 2.21. The average molecular weight is 438 g/mol. The van der Waals surface area contributed by atoms with E-state index in [2.05, 4.69) is 14.9 Å². The number of piperazine rings is 1. The van der Waals surface area contributed by atoms with Crippen molar-refractivity contribution in [3.63, 3.8) is 0 Å². The van der Waals surface area contributed by atoms with Crippen LogP contribution in [0.25, 0.3) is 0 Å². The third-order valence-electron chi connectivity index (χ3n) is 5.49. The second-order valence-corrected chi connectivity index (χ2v) is 9.65. The summed E-state index contributed by atoms with van der Waals surface area (Å²) in [5.41, 5.74) is 0.108. The lowest BCUT2D eigenvalue weighted by molar-refractivity contribution is 0.383. The van der Waals surface area contributed by atoms with Gasteiger partial charge in [0.05, 0.1) is 5.75 Å². The van der Waals surface area contributed by atoms with Crippen LogP contribution in [0.1, 0.15) is 24.8 Å². The summed E-state index contributed by atoms with van der Waals surface area (Å²) in [6.45, 7) is 3.49. The van der Waals surface area contributed by atoms with Crippen molar-refractivity contribution < 1.29 is 17.2 Å². The first-order chi connectivity index (χ1) is 14.4. The highest BCUT2D eigenvalue weighted by Gasteiger charge is 2.28. The molecule has 2 saturated heterocycles. The highest BCUT2D eigenvalue weighted by atomic mass is 32.2. The van der Waals surface area contributed by atoms with Crippen LogP contribution >= 0.6 is 0 Å². The van der Waals surface area contributed by atoms with E-state index in [0.29, 0.717) is 26.2 Å². The maximum Gasteiger partial charge on any atom is 0.227 e. The van der Waals surface area contributed by atoms with Crippen molar-refractivity contribution in [1.29, 1.82) is 0 Å². The van der Waals surface area contributed by atoms with Gasteiger partial charge in [0, 0.05) is 51.5 Å². The molecule has 3 heterocycles. The van der Waals surface area contributed by atoms with Crippen LogP contribution in [0.15, 0.2) is 30.5 Å². The minimum atomic E-state index is -3.67. The summed E-state index contributed by atoms with van der Waals surface area (Å²) >= 11 is 0. The van der Waals surface area contributed by atoms with Crippen molar-refractivity contribution in [2.75, 3.05) is 49.1 Å². The van der Waals surface area contributed by atoms with E-state index in [1.807, 2.05) is 11.0 Å². The molecular weight excluding hydrogens is 412 g/mol. The molecule has 10 heteroatoms. The average Bonchev–Trinajstić information content (AvgIpc) is 2.73. The summed E-state index contributed by atoms with van der Waals surface area (Å²) in [6, 6.07) is 4.68. The Kier molecular flexibility index (Phi) is 6.14. The van der Waals surface area contributed by atoms with Crippen LogP contribution in [0.5, 0.6) is 0 Å². The number of piperidine rings is 1. The van der Waals surface area contributed by atoms with Crippen LogP contribution in [0.4, 0.5) is 20.5 Å². The van der Waals surface area contributed by atoms with Crippen LogP contribution in [-0.2, 0) is 15.8 Å². The van der Waals surface area contributed by atoms with E-state index in [-0.39, 0.29) is 5.56 Å². The molecule has 0 radical (unpaired) electrons. The molecule has 0 saturated carbocycles. The molecule has 0 N–H and O–H groups in total. The zero-order chi connectivity index (χ0) is 21.1. The fourth-order valence-electron chi connectivity index (χ4n) is 3.95. The lowest BCUT2D eigenvalue weighted by Gasteiger charge is -2.35. The molecule has 2 fully saturated rings. The van der Waals surface area contributed by atoms with Crippen LogP contribution in [0.2, 0.25) is 0 Å². The quantitative estimate of drug-likeness (QED) is 0.716. The standard InChI is InChI=1S/C20H25F2N5O2S/c21-17-12-16(13-18(22)14-17)15-30(28,29)27-10-8-25(9-11-27)19-4-5-23-20(24-19)26-6-2-1-3-7-26/h4-5,12-14H,1-3,6-11,15H2. The molecule has 0 amide bonds. The number of hydrogen-bond acceptors (Lipinski definition) is 6. The maximum absolute atomic E-state index is 13.4. The third-order valence-corrected chi connectivity index (χ3v) is 7.34. The first kappa shape index (κ1) is 20.9. The smallest absolute Gasteiger partial charge is 0.227 e. The molecule has 30 heavy (non-hydrogen) atoms. The lowest BCUT2D eigenvalue weighted by atomic mass is 10.1. The molecule has 0 spiro atoms. The second-order valence-electron chi connectivity index (χ2n) is 7.68. The van der Waals surface area contributed by atoms with Crippen LogP contribution in [0.3, 0.4) is 0 Å². The van der Waals surface area contributed by atoms with Gasteiger partial charge < -0.3 is 9.80 Å². The molecule has 7 nitrogen and oxygen atoms in total. The minimum Gasteiger partial charge on any atom is -0.354 e. The number of halogens is 2.